The van der Waals surface area contributed by atoms with Crippen molar-refractivity contribution in [3.05, 3.63) is 35.9 Å². The maximum Gasteiger partial charge on any atom is 0.328 e. The van der Waals surface area contributed by atoms with Crippen LogP contribution in [-0.2, 0) is 25.7 Å². The lowest BCUT2D eigenvalue weighted by atomic mass is 9.91. The summed E-state index contributed by atoms with van der Waals surface area (Å²) in [5.74, 6) is -0.928. The van der Waals surface area contributed by atoms with E-state index < -0.39 is 11.8 Å². The van der Waals surface area contributed by atoms with Crippen molar-refractivity contribution < 1.29 is 19.1 Å². The lowest BCUT2D eigenvalue weighted by Gasteiger charge is -2.47. The highest BCUT2D eigenvalue weighted by molar-refractivity contribution is 9.09. The van der Waals surface area contributed by atoms with E-state index in [4.69, 9.17) is 14.3 Å². The number of benzene rings is 1. The standard InChI is InChI=1S/C14H16BrNO4/c15-11-6-14(7-11)19-9-12(16-20-14)13(17)18-8-10-4-2-1-3-5-10/h1-5,11-12,16H,6-9H2/t11?,12-,14?/m0/s1. The molecule has 2 aliphatic rings. The number of nitrogens with one attached hydrogen (secondary N) is 1. The van der Waals surface area contributed by atoms with Crippen molar-refractivity contribution in [3.8, 4) is 0 Å². The second-order valence-electron chi connectivity index (χ2n) is 5.09. The molecule has 6 heteroatoms. The van der Waals surface area contributed by atoms with Crippen LogP contribution in [0.4, 0.5) is 0 Å². The fraction of sp³-hybridized carbons (Fsp3) is 0.500. The first-order chi connectivity index (χ1) is 9.67. The number of carbonyl (C=O) groups is 1. The number of alkyl halides is 1. The van der Waals surface area contributed by atoms with E-state index in [0.29, 0.717) is 4.83 Å². The molecule has 1 saturated heterocycles. The van der Waals surface area contributed by atoms with Gasteiger partial charge in [0.2, 0.25) is 0 Å². The summed E-state index contributed by atoms with van der Waals surface area (Å²) in [7, 11) is 0. The van der Waals surface area contributed by atoms with Crippen molar-refractivity contribution >= 4 is 21.9 Å². The van der Waals surface area contributed by atoms with Gasteiger partial charge in [-0.1, -0.05) is 46.3 Å². The van der Waals surface area contributed by atoms with Gasteiger partial charge in [0.05, 0.1) is 6.61 Å². The molecule has 1 aromatic carbocycles. The SMILES string of the molecule is O=C(OCc1ccccc1)[C@@H]1COC2(CC(Br)C2)ON1. The first-order valence-electron chi connectivity index (χ1n) is 6.59. The maximum atomic E-state index is 11.9. The molecular formula is C14H16BrNO4. The van der Waals surface area contributed by atoms with Gasteiger partial charge < -0.3 is 9.47 Å². The Labute approximate surface area is 125 Å². The summed E-state index contributed by atoms with van der Waals surface area (Å²) in [6.07, 6.45) is 1.57. The van der Waals surface area contributed by atoms with E-state index in [-0.39, 0.29) is 19.2 Å². The molecule has 1 saturated carbocycles. The zero-order valence-corrected chi connectivity index (χ0v) is 12.5. The summed E-state index contributed by atoms with van der Waals surface area (Å²) in [6.45, 7) is 0.528. The summed E-state index contributed by atoms with van der Waals surface area (Å²) in [6, 6.07) is 8.99. The van der Waals surface area contributed by atoms with Gasteiger partial charge in [-0.15, -0.1) is 0 Å². The second-order valence-corrected chi connectivity index (χ2v) is 6.39. The Kier molecular flexibility index (Phi) is 4.07. The summed E-state index contributed by atoms with van der Waals surface area (Å²) < 4.78 is 10.9. The number of carbonyl (C=O) groups excluding carboxylic acids is 1. The molecule has 1 aliphatic heterocycles. The zero-order chi connectivity index (χ0) is 14.0. The summed E-state index contributed by atoms with van der Waals surface area (Å²) in [5.41, 5.74) is 3.70. The Hall–Kier alpha value is -0.950. The summed E-state index contributed by atoms with van der Waals surface area (Å²) in [5, 5.41) is 0. The molecule has 1 atom stereocenters. The van der Waals surface area contributed by atoms with E-state index in [9.17, 15) is 4.79 Å². The molecular weight excluding hydrogens is 326 g/mol. The van der Waals surface area contributed by atoms with Gasteiger partial charge in [-0.05, 0) is 5.56 Å². The predicted molar refractivity (Wildman–Crippen MR) is 74.9 cm³/mol. The Bertz CT molecular complexity index is 465. The van der Waals surface area contributed by atoms with Crippen molar-refractivity contribution in [2.45, 2.75) is 36.1 Å². The van der Waals surface area contributed by atoms with Crippen LogP contribution in [0.5, 0.6) is 0 Å². The molecule has 20 heavy (non-hydrogen) atoms. The smallest absolute Gasteiger partial charge is 0.328 e. The number of hydrogen-bond donors (Lipinski definition) is 1. The van der Waals surface area contributed by atoms with Gasteiger partial charge in [0.25, 0.3) is 0 Å². The highest BCUT2D eigenvalue weighted by Crippen LogP contribution is 2.42. The van der Waals surface area contributed by atoms with Gasteiger partial charge in [-0.3, -0.25) is 9.63 Å². The maximum absolute atomic E-state index is 11.9. The number of ether oxygens (including phenoxy) is 2. The average molecular weight is 342 g/mol. The molecule has 108 valence electrons. The fourth-order valence-electron chi connectivity index (χ4n) is 2.24. The molecule has 1 aromatic rings. The third-order valence-electron chi connectivity index (χ3n) is 3.47. The highest BCUT2D eigenvalue weighted by atomic mass is 79.9. The third-order valence-corrected chi connectivity index (χ3v) is 4.12. The van der Waals surface area contributed by atoms with Crippen LogP contribution in [0.3, 0.4) is 0 Å². The Morgan fingerprint density at radius 3 is 2.75 bits per heavy atom. The molecule has 1 spiro atoms. The molecule has 0 unspecified atom stereocenters. The summed E-state index contributed by atoms with van der Waals surface area (Å²) in [4.78, 5) is 17.8. The van der Waals surface area contributed by atoms with Crippen LogP contribution in [0.15, 0.2) is 30.3 Å². The van der Waals surface area contributed by atoms with E-state index >= 15 is 0 Å². The van der Waals surface area contributed by atoms with E-state index in [1.807, 2.05) is 30.3 Å². The quantitative estimate of drug-likeness (QED) is 0.672. The van der Waals surface area contributed by atoms with Crippen molar-refractivity contribution in [2.24, 2.45) is 0 Å². The van der Waals surface area contributed by atoms with Gasteiger partial charge in [0.1, 0.15) is 6.61 Å². The minimum Gasteiger partial charge on any atom is -0.460 e. The Morgan fingerprint density at radius 2 is 2.15 bits per heavy atom. The minimum absolute atomic E-state index is 0.256. The van der Waals surface area contributed by atoms with Crippen molar-refractivity contribution in [2.75, 3.05) is 6.61 Å². The zero-order valence-electron chi connectivity index (χ0n) is 10.9. The average Bonchev–Trinajstić information content (AvgIpc) is 2.45. The number of rotatable bonds is 3. The number of hydroxylamine groups is 1. The normalized spacial score (nSPS) is 32.6. The topological polar surface area (TPSA) is 56.8 Å². The van der Waals surface area contributed by atoms with Crippen LogP contribution < -0.4 is 5.48 Å². The molecule has 5 nitrogen and oxygen atoms in total. The minimum atomic E-state index is -0.571. The Balaban J connectivity index is 1.45. The first kappa shape index (κ1) is 14.0. The first-order valence-corrected chi connectivity index (χ1v) is 7.51. The molecule has 0 bridgehead atoms. The van der Waals surface area contributed by atoms with Crippen LogP contribution in [0.25, 0.3) is 0 Å². The molecule has 3 rings (SSSR count). The van der Waals surface area contributed by atoms with Gasteiger partial charge in [-0.25, -0.2) is 0 Å². The molecule has 0 aromatic heterocycles. The highest BCUT2D eigenvalue weighted by Gasteiger charge is 2.50. The van der Waals surface area contributed by atoms with Gasteiger partial charge in [0.15, 0.2) is 11.8 Å². The number of halogens is 1. The van der Waals surface area contributed by atoms with Crippen LogP contribution in [0, 0.1) is 0 Å². The van der Waals surface area contributed by atoms with Crippen LogP contribution in [0.1, 0.15) is 18.4 Å². The van der Waals surface area contributed by atoms with Gasteiger partial charge in [-0.2, -0.15) is 5.48 Å². The molecule has 0 radical (unpaired) electrons. The van der Waals surface area contributed by atoms with E-state index in [0.717, 1.165) is 18.4 Å². The molecule has 0 amide bonds. The monoisotopic (exact) mass is 341 g/mol. The number of hydrogen-bond acceptors (Lipinski definition) is 5. The molecule has 1 aliphatic carbocycles. The lowest BCUT2D eigenvalue weighted by molar-refractivity contribution is -0.338. The van der Waals surface area contributed by atoms with Gasteiger partial charge in [0, 0.05) is 17.7 Å². The molecule has 2 fully saturated rings. The second kappa shape index (κ2) is 5.81. The van der Waals surface area contributed by atoms with Crippen molar-refractivity contribution in [1.82, 2.24) is 5.48 Å². The van der Waals surface area contributed by atoms with Crippen LogP contribution in [-0.4, -0.2) is 29.2 Å². The van der Waals surface area contributed by atoms with Gasteiger partial charge >= 0.3 is 5.97 Å². The van der Waals surface area contributed by atoms with Crippen molar-refractivity contribution in [3.63, 3.8) is 0 Å². The Morgan fingerprint density at radius 1 is 1.40 bits per heavy atom. The fourth-order valence-corrected chi connectivity index (χ4v) is 3.23. The number of esters is 1. The van der Waals surface area contributed by atoms with E-state index in [2.05, 4.69) is 21.4 Å². The third kappa shape index (κ3) is 3.03. The van der Waals surface area contributed by atoms with Crippen LogP contribution >= 0.6 is 15.9 Å². The lowest BCUT2D eigenvalue weighted by Crippen LogP contribution is -2.61. The molecule has 1 heterocycles. The summed E-state index contributed by atoms with van der Waals surface area (Å²) >= 11 is 3.49. The predicted octanol–water partition coefficient (Wildman–Crippen LogP) is 1.90. The molecule has 1 N–H and O–H groups in total. The van der Waals surface area contributed by atoms with Crippen molar-refractivity contribution in [1.29, 1.82) is 0 Å². The largest absolute Gasteiger partial charge is 0.460 e. The van der Waals surface area contributed by atoms with Crippen LogP contribution in [0.2, 0.25) is 0 Å². The van der Waals surface area contributed by atoms with E-state index in [1.165, 1.54) is 0 Å². The van der Waals surface area contributed by atoms with E-state index in [1.54, 1.807) is 0 Å².